The number of para-hydroxylation sites is 1. The predicted molar refractivity (Wildman–Crippen MR) is 112 cm³/mol. The summed E-state index contributed by atoms with van der Waals surface area (Å²) < 4.78 is 18.5. The van der Waals surface area contributed by atoms with E-state index in [2.05, 4.69) is 15.6 Å². The Kier molecular flexibility index (Phi) is 6.43. The summed E-state index contributed by atoms with van der Waals surface area (Å²) in [7, 11) is 3.18. The van der Waals surface area contributed by atoms with Crippen LogP contribution in [0.2, 0.25) is 5.02 Å². The van der Waals surface area contributed by atoms with Crippen LogP contribution in [0.5, 0.6) is 17.2 Å². The number of aromatic nitrogens is 3. The van der Waals surface area contributed by atoms with Crippen molar-refractivity contribution in [3.8, 4) is 28.6 Å². The maximum absolute atomic E-state index is 6.33. The lowest BCUT2D eigenvalue weighted by Crippen LogP contribution is -2.16. The number of nitrogens with zero attached hydrogens (tertiary/aromatic N) is 2. The average Bonchev–Trinajstić information content (AvgIpc) is 3.06. The topological polar surface area (TPSA) is 73.3 Å². The maximum atomic E-state index is 6.33. The summed E-state index contributed by atoms with van der Waals surface area (Å²) in [6, 6.07) is 11.3. The molecule has 28 heavy (non-hydrogen) atoms. The number of aromatic amines is 1. The molecule has 0 radical (unpaired) electrons. The molecule has 0 aliphatic heterocycles. The van der Waals surface area contributed by atoms with Gasteiger partial charge in [0.1, 0.15) is 5.75 Å². The first kappa shape index (κ1) is 20.0. The van der Waals surface area contributed by atoms with E-state index in [-0.39, 0.29) is 0 Å². The summed E-state index contributed by atoms with van der Waals surface area (Å²) in [6.45, 7) is 2.86. The predicted octanol–water partition coefficient (Wildman–Crippen LogP) is 4.42. The maximum Gasteiger partial charge on any atom is 0.214 e. The molecule has 0 bridgehead atoms. The van der Waals surface area contributed by atoms with Crippen LogP contribution in [0.4, 0.5) is 0 Å². The molecule has 1 heterocycles. The van der Waals surface area contributed by atoms with Gasteiger partial charge < -0.3 is 19.6 Å². The minimum absolute atomic E-state index is 0.436. The molecule has 0 atom stereocenters. The van der Waals surface area contributed by atoms with Gasteiger partial charge in [-0.25, -0.2) is 9.77 Å². The van der Waals surface area contributed by atoms with E-state index in [0.29, 0.717) is 46.0 Å². The van der Waals surface area contributed by atoms with Crippen molar-refractivity contribution in [2.45, 2.75) is 13.5 Å². The van der Waals surface area contributed by atoms with E-state index in [1.165, 1.54) is 0 Å². The van der Waals surface area contributed by atoms with Gasteiger partial charge in [-0.3, -0.25) is 0 Å². The van der Waals surface area contributed by atoms with Gasteiger partial charge in [-0.1, -0.05) is 23.7 Å². The van der Waals surface area contributed by atoms with Crippen molar-refractivity contribution >= 4 is 23.8 Å². The van der Waals surface area contributed by atoms with Gasteiger partial charge in [-0.15, -0.1) is 0 Å². The van der Waals surface area contributed by atoms with Crippen molar-refractivity contribution in [3.63, 3.8) is 0 Å². The van der Waals surface area contributed by atoms with E-state index in [4.69, 9.17) is 38.0 Å². The average molecular weight is 421 g/mol. The number of benzene rings is 2. The molecule has 7 nitrogen and oxygen atoms in total. The standard InChI is InChI=1S/C19H21ClN4O3S/c1-4-27-16-10-12(9-14(20)17(16)26-3)11-21-24-18(22-23-19(24)28)13-7-5-6-8-15(13)25-2/h5-10,21H,4,11H2,1-3H3,(H,23,28). The molecule has 0 saturated carbocycles. The van der Waals surface area contributed by atoms with Gasteiger partial charge in [0.15, 0.2) is 17.3 Å². The molecule has 0 fully saturated rings. The molecule has 9 heteroatoms. The molecular formula is C19H21ClN4O3S. The number of hydrogen-bond acceptors (Lipinski definition) is 6. The second-order valence-corrected chi connectivity index (χ2v) is 6.56. The van der Waals surface area contributed by atoms with Crippen molar-refractivity contribution in [3.05, 3.63) is 51.8 Å². The molecule has 0 aliphatic carbocycles. The second kappa shape index (κ2) is 8.99. The van der Waals surface area contributed by atoms with Crippen LogP contribution in [0.1, 0.15) is 12.5 Å². The van der Waals surface area contributed by atoms with Crippen LogP contribution < -0.4 is 19.6 Å². The molecule has 0 spiro atoms. The highest BCUT2D eigenvalue weighted by molar-refractivity contribution is 7.71. The molecule has 3 aromatic rings. The van der Waals surface area contributed by atoms with Crippen molar-refractivity contribution in [1.82, 2.24) is 14.9 Å². The van der Waals surface area contributed by atoms with Crippen LogP contribution in [0.3, 0.4) is 0 Å². The summed E-state index contributed by atoms with van der Waals surface area (Å²) >= 11 is 11.7. The van der Waals surface area contributed by atoms with Crippen LogP contribution in [0.25, 0.3) is 11.4 Å². The first-order chi connectivity index (χ1) is 13.6. The van der Waals surface area contributed by atoms with Gasteiger partial charge in [0.25, 0.3) is 0 Å². The molecule has 0 unspecified atom stereocenters. The zero-order chi connectivity index (χ0) is 20.1. The molecule has 2 N–H and O–H groups in total. The fourth-order valence-electron chi connectivity index (χ4n) is 2.81. The number of ether oxygens (including phenoxy) is 3. The van der Waals surface area contributed by atoms with Crippen molar-refractivity contribution in [2.24, 2.45) is 0 Å². The second-order valence-electron chi connectivity index (χ2n) is 5.76. The van der Waals surface area contributed by atoms with Gasteiger partial charge >= 0.3 is 0 Å². The molecule has 0 aliphatic rings. The Labute approximate surface area is 173 Å². The summed E-state index contributed by atoms with van der Waals surface area (Å²) in [5.74, 6) is 2.43. The lowest BCUT2D eigenvalue weighted by Gasteiger charge is -2.15. The lowest BCUT2D eigenvalue weighted by atomic mass is 10.2. The molecule has 0 saturated heterocycles. The Bertz CT molecular complexity index is 1020. The Morgan fingerprint density at radius 3 is 2.68 bits per heavy atom. The highest BCUT2D eigenvalue weighted by atomic mass is 35.5. The number of H-pyrrole nitrogens is 1. The summed E-state index contributed by atoms with van der Waals surface area (Å²) in [4.78, 5) is 0. The van der Waals surface area contributed by atoms with Crippen molar-refractivity contribution in [2.75, 3.05) is 26.3 Å². The van der Waals surface area contributed by atoms with E-state index in [1.54, 1.807) is 18.9 Å². The van der Waals surface area contributed by atoms with E-state index in [9.17, 15) is 0 Å². The minimum atomic E-state index is 0.436. The Morgan fingerprint density at radius 1 is 1.18 bits per heavy atom. The van der Waals surface area contributed by atoms with E-state index >= 15 is 0 Å². The summed E-state index contributed by atoms with van der Waals surface area (Å²) in [6.07, 6.45) is 0. The van der Waals surface area contributed by atoms with Gasteiger partial charge in [0, 0.05) is 0 Å². The van der Waals surface area contributed by atoms with Crippen LogP contribution >= 0.6 is 23.8 Å². The zero-order valence-corrected chi connectivity index (χ0v) is 17.4. The Hall–Kier alpha value is -2.71. The number of rotatable bonds is 8. The van der Waals surface area contributed by atoms with Gasteiger partial charge in [-0.05, 0) is 49.0 Å². The van der Waals surface area contributed by atoms with Gasteiger partial charge in [-0.2, -0.15) is 5.10 Å². The molecule has 148 valence electrons. The van der Waals surface area contributed by atoms with Crippen LogP contribution in [-0.4, -0.2) is 35.7 Å². The number of hydrogen-bond donors (Lipinski definition) is 2. The smallest absolute Gasteiger partial charge is 0.214 e. The normalized spacial score (nSPS) is 10.6. The third-order valence-electron chi connectivity index (χ3n) is 4.03. The first-order valence-corrected chi connectivity index (χ1v) is 9.41. The van der Waals surface area contributed by atoms with Crippen molar-refractivity contribution in [1.29, 1.82) is 0 Å². The molecule has 2 aromatic carbocycles. The van der Waals surface area contributed by atoms with Crippen LogP contribution in [0.15, 0.2) is 36.4 Å². The van der Waals surface area contributed by atoms with Crippen molar-refractivity contribution < 1.29 is 14.2 Å². The zero-order valence-electron chi connectivity index (χ0n) is 15.8. The largest absolute Gasteiger partial charge is 0.496 e. The molecule has 1 aromatic heterocycles. The van der Waals surface area contributed by atoms with Gasteiger partial charge in [0.2, 0.25) is 4.77 Å². The highest BCUT2D eigenvalue weighted by Crippen LogP contribution is 2.36. The quantitative estimate of drug-likeness (QED) is 0.525. The van der Waals surface area contributed by atoms with E-state index in [1.807, 2.05) is 43.3 Å². The minimum Gasteiger partial charge on any atom is -0.496 e. The number of methoxy groups -OCH3 is 2. The molecular weight excluding hydrogens is 400 g/mol. The fourth-order valence-corrected chi connectivity index (χ4v) is 3.32. The third kappa shape index (κ3) is 4.07. The Balaban J connectivity index is 1.90. The van der Waals surface area contributed by atoms with E-state index in [0.717, 1.165) is 11.1 Å². The number of halogens is 1. The van der Waals surface area contributed by atoms with Crippen LogP contribution in [-0.2, 0) is 6.54 Å². The third-order valence-corrected chi connectivity index (χ3v) is 4.59. The Morgan fingerprint density at radius 2 is 1.96 bits per heavy atom. The van der Waals surface area contributed by atoms with E-state index < -0.39 is 0 Å². The summed E-state index contributed by atoms with van der Waals surface area (Å²) in [5, 5.41) is 7.62. The lowest BCUT2D eigenvalue weighted by molar-refractivity contribution is 0.310. The number of nitrogens with one attached hydrogen (secondary N) is 2. The first-order valence-electron chi connectivity index (χ1n) is 8.62. The SMILES string of the molecule is CCOc1cc(CNn2c(-c3ccccc3OC)n[nH]c2=S)cc(Cl)c1OC. The highest BCUT2D eigenvalue weighted by Gasteiger charge is 2.15. The monoisotopic (exact) mass is 420 g/mol. The molecule has 0 amide bonds. The fraction of sp³-hybridized carbons (Fsp3) is 0.263. The molecule has 3 rings (SSSR count). The van der Waals surface area contributed by atoms with Gasteiger partial charge in [0.05, 0.1) is 38.0 Å². The summed E-state index contributed by atoms with van der Waals surface area (Å²) in [5.41, 5.74) is 4.99. The van der Waals surface area contributed by atoms with Crippen LogP contribution in [0, 0.1) is 4.77 Å².